The number of carbonyl (C=O) groups excluding carboxylic acids is 1. The van der Waals surface area contributed by atoms with Crippen LogP contribution >= 0.6 is 0 Å². The van der Waals surface area contributed by atoms with Crippen LogP contribution < -0.4 is 5.32 Å². The number of rotatable bonds is 6. The van der Waals surface area contributed by atoms with Crippen molar-refractivity contribution in [3.8, 4) is 5.69 Å². The Hall–Kier alpha value is -2.28. The first kappa shape index (κ1) is 15.6. The van der Waals surface area contributed by atoms with E-state index in [2.05, 4.69) is 10.4 Å². The number of halogens is 2. The van der Waals surface area contributed by atoms with Crippen molar-refractivity contribution in [1.29, 1.82) is 0 Å². The van der Waals surface area contributed by atoms with E-state index in [1.807, 2.05) is 0 Å². The van der Waals surface area contributed by atoms with E-state index in [4.69, 9.17) is 5.11 Å². The third-order valence-electron chi connectivity index (χ3n) is 3.95. The first-order valence-electron chi connectivity index (χ1n) is 7.50. The van der Waals surface area contributed by atoms with E-state index in [0.29, 0.717) is 12.3 Å². The van der Waals surface area contributed by atoms with Gasteiger partial charge in [-0.2, -0.15) is 5.10 Å². The van der Waals surface area contributed by atoms with Gasteiger partial charge in [-0.05, 0) is 37.3 Å². The van der Waals surface area contributed by atoms with Gasteiger partial charge in [0.25, 0.3) is 5.91 Å². The van der Waals surface area contributed by atoms with E-state index in [-0.39, 0.29) is 29.8 Å². The Morgan fingerprint density at radius 1 is 1.43 bits per heavy atom. The second kappa shape index (κ2) is 6.45. The van der Waals surface area contributed by atoms with Crippen molar-refractivity contribution >= 4 is 5.91 Å². The lowest BCUT2D eigenvalue weighted by atomic mass is 10.1. The summed E-state index contributed by atoms with van der Waals surface area (Å²) in [5.41, 5.74) is 0.358. The van der Waals surface area contributed by atoms with Gasteiger partial charge in [0.2, 0.25) is 0 Å². The van der Waals surface area contributed by atoms with Crippen molar-refractivity contribution < 1.29 is 18.7 Å². The van der Waals surface area contributed by atoms with Gasteiger partial charge in [-0.25, -0.2) is 13.5 Å². The number of aromatic nitrogens is 2. The van der Waals surface area contributed by atoms with Gasteiger partial charge >= 0.3 is 0 Å². The summed E-state index contributed by atoms with van der Waals surface area (Å²) >= 11 is 0. The largest absolute Gasteiger partial charge is 0.396 e. The molecule has 1 amide bonds. The van der Waals surface area contributed by atoms with Gasteiger partial charge in [-0.15, -0.1) is 0 Å². The Balaban J connectivity index is 1.74. The van der Waals surface area contributed by atoms with E-state index in [1.165, 1.54) is 23.1 Å². The van der Waals surface area contributed by atoms with Crippen molar-refractivity contribution in [1.82, 2.24) is 15.1 Å². The van der Waals surface area contributed by atoms with Crippen molar-refractivity contribution in [2.24, 2.45) is 5.92 Å². The second-order valence-electron chi connectivity index (χ2n) is 5.70. The Labute approximate surface area is 131 Å². The molecule has 0 saturated heterocycles. The summed E-state index contributed by atoms with van der Waals surface area (Å²) in [6.07, 6.45) is 5.34. The van der Waals surface area contributed by atoms with E-state index >= 15 is 0 Å². The minimum Gasteiger partial charge on any atom is -0.396 e. The number of nitrogens with one attached hydrogen (secondary N) is 1. The molecule has 0 spiro atoms. The molecular weight excluding hydrogens is 304 g/mol. The summed E-state index contributed by atoms with van der Waals surface area (Å²) in [7, 11) is 0. The van der Waals surface area contributed by atoms with Crippen LogP contribution in [-0.4, -0.2) is 33.4 Å². The Morgan fingerprint density at radius 2 is 2.22 bits per heavy atom. The maximum atomic E-state index is 13.7. The molecule has 1 heterocycles. The number of amides is 1. The predicted molar refractivity (Wildman–Crippen MR) is 79.2 cm³/mol. The molecule has 1 atom stereocenters. The number of hydrogen-bond donors (Lipinski definition) is 2. The molecule has 3 rings (SSSR count). The lowest BCUT2D eigenvalue weighted by molar-refractivity contribution is 0.0924. The molecule has 1 aliphatic carbocycles. The summed E-state index contributed by atoms with van der Waals surface area (Å²) in [5, 5.41) is 15.9. The van der Waals surface area contributed by atoms with Crippen molar-refractivity contribution in [2.45, 2.75) is 25.3 Å². The molecule has 1 saturated carbocycles. The molecular formula is C16H17F2N3O2. The van der Waals surface area contributed by atoms with Crippen LogP contribution in [0.5, 0.6) is 0 Å². The van der Waals surface area contributed by atoms with Crippen LogP contribution in [0.25, 0.3) is 5.69 Å². The van der Waals surface area contributed by atoms with Crippen LogP contribution in [-0.2, 0) is 0 Å². The van der Waals surface area contributed by atoms with E-state index in [1.54, 1.807) is 0 Å². The fraction of sp³-hybridized carbons (Fsp3) is 0.375. The average Bonchev–Trinajstić information content (AvgIpc) is 3.24. The fourth-order valence-corrected chi connectivity index (χ4v) is 2.55. The zero-order valence-electron chi connectivity index (χ0n) is 12.4. The number of aliphatic hydroxyl groups excluding tert-OH is 1. The molecule has 5 nitrogen and oxygen atoms in total. The first-order chi connectivity index (χ1) is 11.1. The summed E-state index contributed by atoms with van der Waals surface area (Å²) in [6.45, 7) is 0.0154. The number of carbonyl (C=O) groups is 1. The first-order valence-corrected chi connectivity index (χ1v) is 7.50. The molecule has 1 aliphatic rings. The highest BCUT2D eigenvalue weighted by Gasteiger charge is 2.32. The topological polar surface area (TPSA) is 67.2 Å². The molecule has 1 aromatic carbocycles. The fourth-order valence-electron chi connectivity index (χ4n) is 2.55. The van der Waals surface area contributed by atoms with Crippen LogP contribution in [0.1, 0.15) is 29.6 Å². The maximum Gasteiger partial charge on any atom is 0.254 e. The van der Waals surface area contributed by atoms with Gasteiger partial charge in [-0.3, -0.25) is 4.79 Å². The van der Waals surface area contributed by atoms with Crippen molar-refractivity contribution in [3.63, 3.8) is 0 Å². The van der Waals surface area contributed by atoms with Crippen LogP contribution in [0.3, 0.4) is 0 Å². The lowest BCUT2D eigenvalue weighted by Crippen LogP contribution is -2.37. The minimum atomic E-state index is -0.754. The molecule has 0 radical (unpaired) electrons. The lowest BCUT2D eigenvalue weighted by Gasteiger charge is -2.16. The standard InChI is InChI=1S/C16H17F2N3O2/c17-12-3-4-15(13(18)7-12)21-9-11(8-19-21)16(23)20-14(5-6-22)10-1-2-10/h3-4,7-10,14,22H,1-2,5-6H2,(H,20,23). The molecule has 23 heavy (non-hydrogen) atoms. The Kier molecular flexibility index (Phi) is 4.38. The molecule has 0 aliphatic heterocycles. The highest BCUT2D eigenvalue weighted by atomic mass is 19.1. The molecule has 2 N–H and O–H groups in total. The SMILES string of the molecule is O=C(NC(CCO)C1CC1)c1cnn(-c2ccc(F)cc2F)c1. The molecule has 122 valence electrons. The van der Waals surface area contributed by atoms with Crippen LogP contribution in [0.15, 0.2) is 30.6 Å². The monoisotopic (exact) mass is 321 g/mol. The third-order valence-corrected chi connectivity index (χ3v) is 3.95. The summed E-state index contributed by atoms with van der Waals surface area (Å²) < 4.78 is 27.9. The minimum absolute atomic E-state index is 0.0154. The third kappa shape index (κ3) is 3.56. The number of benzene rings is 1. The van der Waals surface area contributed by atoms with Gasteiger partial charge in [0, 0.05) is 24.9 Å². The number of hydrogen-bond acceptors (Lipinski definition) is 3. The average molecular weight is 321 g/mol. The normalized spacial score (nSPS) is 15.4. The summed E-state index contributed by atoms with van der Waals surface area (Å²) in [4.78, 5) is 12.2. The molecule has 2 aromatic rings. The highest BCUT2D eigenvalue weighted by molar-refractivity contribution is 5.94. The van der Waals surface area contributed by atoms with Crippen LogP contribution in [0.2, 0.25) is 0 Å². The van der Waals surface area contributed by atoms with Crippen molar-refractivity contribution in [2.75, 3.05) is 6.61 Å². The number of aliphatic hydroxyl groups is 1. The Bertz CT molecular complexity index is 713. The van der Waals surface area contributed by atoms with Gasteiger partial charge in [-0.1, -0.05) is 0 Å². The van der Waals surface area contributed by atoms with Crippen LogP contribution in [0.4, 0.5) is 8.78 Å². The molecule has 0 bridgehead atoms. The maximum absolute atomic E-state index is 13.7. The van der Waals surface area contributed by atoms with Gasteiger partial charge in [0.15, 0.2) is 5.82 Å². The summed E-state index contributed by atoms with van der Waals surface area (Å²) in [5.74, 6) is -1.33. The summed E-state index contributed by atoms with van der Waals surface area (Å²) in [6, 6.07) is 3.10. The van der Waals surface area contributed by atoms with Crippen molar-refractivity contribution in [3.05, 3.63) is 47.8 Å². The molecule has 1 unspecified atom stereocenters. The second-order valence-corrected chi connectivity index (χ2v) is 5.70. The van der Waals surface area contributed by atoms with E-state index < -0.39 is 11.6 Å². The zero-order valence-corrected chi connectivity index (χ0v) is 12.4. The van der Waals surface area contributed by atoms with Gasteiger partial charge in [0.1, 0.15) is 11.5 Å². The van der Waals surface area contributed by atoms with Gasteiger partial charge in [0.05, 0.1) is 11.8 Å². The highest BCUT2D eigenvalue weighted by Crippen LogP contribution is 2.34. The Morgan fingerprint density at radius 3 is 2.87 bits per heavy atom. The quantitative estimate of drug-likeness (QED) is 0.855. The smallest absolute Gasteiger partial charge is 0.254 e. The number of nitrogens with zero attached hydrogens (tertiary/aromatic N) is 2. The molecule has 1 aromatic heterocycles. The molecule has 7 heteroatoms. The van der Waals surface area contributed by atoms with Crippen LogP contribution in [0, 0.1) is 17.6 Å². The van der Waals surface area contributed by atoms with Gasteiger partial charge < -0.3 is 10.4 Å². The predicted octanol–water partition coefficient (Wildman–Crippen LogP) is 2.04. The van der Waals surface area contributed by atoms with E-state index in [0.717, 1.165) is 25.0 Å². The molecule has 1 fully saturated rings. The van der Waals surface area contributed by atoms with E-state index in [9.17, 15) is 13.6 Å². The zero-order chi connectivity index (χ0) is 16.4.